The third-order valence-electron chi connectivity index (χ3n) is 2.59. The summed E-state index contributed by atoms with van der Waals surface area (Å²) in [6.07, 6.45) is 7.84. The summed E-state index contributed by atoms with van der Waals surface area (Å²) in [5.41, 5.74) is 0. The van der Waals surface area contributed by atoms with Crippen molar-refractivity contribution in [1.29, 1.82) is 0 Å². The van der Waals surface area contributed by atoms with Crippen molar-refractivity contribution >= 4 is 0 Å². The summed E-state index contributed by atoms with van der Waals surface area (Å²) in [6.45, 7) is 2.78. The molecule has 1 saturated heterocycles. The summed E-state index contributed by atoms with van der Waals surface area (Å²) in [4.78, 5) is 3.78. The molecule has 1 fully saturated rings. The van der Waals surface area contributed by atoms with E-state index in [1.54, 1.807) is 12.4 Å². The maximum absolute atomic E-state index is 3.78. The van der Waals surface area contributed by atoms with E-state index in [-0.39, 0.29) is 0 Å². The number of aromatic nitrogens is 1. The third-order valence-corrected chi connectivity index (χ3v) is 2.59. The van der Waals surface area contributed by atoms with Crippen LogP contribution in [-0.4, -0.2) is 36.7 Å². The van der Waals surface area contributed by atoms with Crippen LogP contribution >= 0.6 is 0 Å². The molecular formula is C12H21N2+. The van der Waals surface area contributed by atoms with Crippen LogP contribution in [0.1, 0.15) is 19.3 Å². The molecule has 1 aliphatic heterocycles. The maximum Gasteiger partial charge on any atom is 0.0782 e. The van der Waals surface area contributed by atoms with Gasteiger partial charge in [-0.1, -0.05) is 6.07 Å². The fourth-order valence-electron chi connectivity index (χ4n) is 1.68. The summed E-state index contributed by atoms with van der Waals surface area (Å²) in [7, 11) is 4.64. The molecule has 2 rings (SSSR count). The minimum absolute atomic E-state index is 1.25. The maximum atomic E-state index is 3.78. The van der Waals surface area contributed by atoms with Gasteiger partial charge in [0.25, 0.3) is 0 Å². The molecule has 0 saturated carbocycles. The van der Waals surface area contributed by atoms with E-state index in [0.717, 1.165) is 0 Å². The standard InChI is InChI=1S/C7H16N.C5H5N/c1-8(2)6-4-3-5-7-8;1-2-4-6-5-3-1/h3-7H2,1-2H3;1-5H/q+1;. The van der Waals surface area contributed by atoms with Crippen molar-refractivity contribution in [3.05, 3.63) is 30.6 Å². The van der Waals surface area contributed by atoms with Gasteiger partial charge in [-0.25, -0.2) is 0 Å². The summed E-state index contributed by atoms with van der Waals surface area (Å²) in [5.74, 6) is 0. The van der Waals surface area contributed by atoms with Crippen LogP contribution in [0.25, 0.3) is 0 Å². The largest absolute Gasteiger partial charge is 0.328 e. The highest BCUT2D eigenvalue weighted by atomic mass is 15.3. The van der Waals surface area contributed by atoms with Gasteiger partial charge in [0.05, 0.1) is 27.2 Å². The van der Waals surface area contributed by atoms with Gasteiger partial charge in [0, 0.05) is 12.4 Å². The molecule has 1 aromatic rings. The van der Waals surface area contributed by atoms with Crippen LogP contribution in [-0.2, 0) is 0 Å². The Morgan fingerprint density at radius 1 is 0.857 bits per heavy atom. The van der Waals surface area contributed by atoms with Crippen molar-refractivity contribution in [3.8, 4) is 0 Å². The van der Waals surface area contributed by atoms with E-state index in [0.29, 0.717) is 0 Å². The molecule has 1 aromatic heterocycles. The SMILES string of the molecule is C[N+]1(C)CCCCC1.c1ccncc1. The molecule has 78 valence electrons. The molecule has 0 aromatic carbocycles. The Hall–Kier alpha value is -0.890. The van der Waals surface area contributed by atoms with Gasteiger partial charge < -0.3 is 4.48 Å². The Labute approximate surface area is 87.2 Å². The molecule has 0 unspecified atom stereocenters. The predicted octanol–water partition coefficient (Wildman–Crippen LogP) is 2.33. The Balaban J connectivity index is 0.000000146. The van der Waals surface area contributed by atoms with Crippen molar-refractivity contribution in [3.63, 3.8) is 0 Å². The number of quaternary nitrogens is 1. The molecule has 14 heavy (non-hydrogen) atoms. The van der Waals surface area contributed by atoms with E-state index >= 15 is 0 Å². The summed E-state index contributed by atoms with van der Waals surface area (Å²) in [6, 6.07) is 5.72. The van der Waals surface area contributed by atoms with Crippen LogP contribution in [0.5, 0.6) is 0 Å². The lowest BCUT2D eigenvalue weighted by Gasteiger charge is -2.33. The van der Waals surface area contributed by atoms with Crippen LogP contribution in [0.4, 0.5) is 0 Å². The first-order valence-electron chi connectivity index (χ1n) is 5.38. The van der Waals surface area contributed by atoms with Crippen LogP contribution in [0.3, 0.4) is 0 Å². The third kappa shape index (κ3) is 4.97. The van der Waals surface area contributed by atoms with Crippen LogP contribution in [0.15, 0.2) is 30.6 Å². The van der Waals surface area contributed by atoms with Gasteiger partial charge in [0.2, 0.25) is 0 Å². The lowest BCUT2D eigenvalue weighted by molar-refractivity contribution is -0.894. The van der Waals surface area contributed by atoms with Crippen molar-refractivity contribution in [1.82, 2.24) is 4.98 Å². The van der Waals surface area contributed by atoms with E-state index in [1.165, 1.54) is 36.8 Å². The lowest BCUT2D eigenvalue weighted by atomic mass is 10.1. The first-order valence-corrected chi connectivity index (χ1v) is 5.38. The molecule has 0 aliphatic carbocycles. The van der Waals surface area contributed by atoms with E-state index in [9.17, 15) is 0 Å². The van der Waals surface area contributed by atoms with Crippen LogP contribution in [0.2, 0.25) is 0 Å². The first-order chi connectivity index (χ1) is 6.71. The second-order valence-corrected chi connectivity index (χ2v) is 4.47. The molecule has 2 nitrogen and oxygen atoms in total. The van der Waals surface area contributed by atoms with E-state index in [2.05, 4.69) is 19.1 Å². The lowest BCUT2D eigenvalue weighted by Crippen LogP contribution is -2.43. The smallest absolute Gasteiger partial charge is 0.0782 e. The molecule has 0 amide bonds. The number of pyridine rings is 1. The van der Waals surface area contributed by atoms with Gasteiger partial charge >= 0.3 is 0 Å². The van der Waals surface area contributed by atoms with Gasteiger partial charge in [-0.05, 0) is 31.4 Å². The molecule has 2 heterocycles. The minimum Gasteiger partial charge on any atom is -0.328 e. The van der Waals surface area contributed by atoms with Gasteiger partial charge in [0.15, 0.2) is 0 Å². The van der Waals surface area contributed by atoms with E-state index < -0.39 is 0 Å². The Kier molecular flexibility index (Phi) is 4.60. The number of rotatable bonds is 0. The monoisotopic (exact) mass is 193 g/mol. The molecule has 1 aliphatic rings. The molecule has 0 N–H and O–H groups in total. The highest BCUT2D eigenvalue weighted by Crippen LogP contribution is 2.12. The normalized spacial score (nSPS) is 19.3. The number of hydrogen-bond donors (Lipinski definition) is 0. The zero-order chi connectivity index (χ0) is 10.3. The summed E-state index contributed by atoms with van der Waals surface area (Å²) >= 11 is 0. The van der Waals surface area contributed by atoms with Crippen molar-refractivity contribution in [2.24, 2.45) is 0 Å². The second-order valence-electron chi connectivity index (χ2n) is 4.47. The number of hydrogen-bond acceptors (Lipinski definition) is 1. The molecule has 0 bridgehead atoms. The molecule has 0 atom stereocenters. The van der Waals surface area contributed by atoms with Crippen molar-refractivity contribution in [2.75, 3.05) is 27.2 Å². The van der Waals surface area contributed by atoms with Gasteiger partial charge in [-0.15, -0.1) is 0 Å². The highest BCUT2D eigenvalue weighted by molar-refractivity contribution is 4.88. The summed E-state index contributed by atoms with van der Waals surface area (Å²) < 4.78 is 1.25. The van der Waals surface area contributed by atoms with Gasteiger partial charge in [-0.2, -0.15) is 0 Å². The van der Waals surface area contributed by atoms with Crippen LogP contribution in [0, 0.1) is 0 Å². The second kappa shape index (κ2) is 5.76. The number of nitrogens with zero attached hydrogens (tertiary/aromatic N) is 2. The number of likely N-dealkylation sites (tertiary alicyclic amines) is 1. The zero-order valence-electron chi connectivity index (χ0n) is 9.32. The average molecular weight is 193 g/mol. The Morgan fingerprint density at radius 2 is 1.43 bits per heavy atom. The highest BCUT2D eigenvalue weighted by Gasteiger charge is 2.17. The average Bonchev–Trinajstić information content (AvgIpc) is 2.21. The zero-order valence-corrected chi connectivity index (χ0v) is 9.32. The van der Waals surface area contributed by atoms with Crippen molar-refractivity contribution < 1.29 is 4.48 Å². The predicted molar refractivity (Wildman–Crippen MR) is 59.9 cm³/mol. The van der Waals surface area contributed by atoms with Gasteiger partial charge in [-0.3, -0.25) is 4.98 Å². The fraction of sp³-hybridized carbons (Fsp3) is 0.583. The summed E-state index contributed by atoms with van der Waals surface area (Å²) in [5, 5.41) is 0. The minimum atomic E-state index is 1.25. The van der Waals surface area contributed by atoms with Crippen molar-refractivity contribution in [2.45, 2.75) is 19.3 Å². The molecule has 2 heteroatoms. The number of piperidine rings is 1. The Morgan fingerprint density at radius 3 is 1.64 bits per heavy atom. The van der Waals surface area contributed by atoms with E-state index in [1.807, 2.05) is 18.2 Å². The first kappa shape index (κ1) is 11.2. The fourth-order valence-corrected chi connectivity index (χ4v) is 1.68. The Bertz CT molecular complexity index is 197. The molecular weight excluding hydrogens is 172 g/mol. The quantitative estimate of drug-likeness (QED) is 0.576. The van der Waals surface area contributed by atoms with Crippen LogP contribution < -0.4 is 0 Å². The van der Waals surface area contributed by atoms with Gasteiger partial charge in [0.1, 0.15) is 0 Å². The molecule has 0 radical (unpaired) electrons. The van der Waals surface area contributed by atoms with E-state index in [4.69, 9.17) is 0 Å². The topological polar surface area (TPSA) is 12.9 Å². The molecule has 0 spiro atoms.